The van der Waals surface area contributed by atoms with Crippen LogP contribution in [0.25, 0.3) is 0 Å². The Kier molecular flexibility index (Phi) is 6.25. The molecule has 0 saturated carbocycles. The van der Waals surface area contributed by atoms with Crippen LogP contribution in [-0.4, -0.2) is 67.5 Å². The lowest BCUT2D eigenvalue weighted by Crippen LogP contribution is -2.57. The minimum atomic E-state index is -4.23. The van der Waals surface area contributed by atoms with Gasteiger partial charge in [0.2, 0.25) is 21.1 Å². The first-order valence-corrected chi connectivity index (χ1v) is 10.9. The van der Waals surface area contributed by atoms with Crippen molar-refractivity contribution in [3.8, 4) is 0 Å². The summed E-state index contributed by atoms with van der Waals surface area (Å²) in [5.41, 5.74) is 0.858. The number of sulfone groups is 1. The molecule has 1 fully saturated rings. The Balaban J connectivity index is 1.89. The highest BCUT2D eigenvalue weighted by molar-refractivity contribution is 7.92. The Hall–Kier alpha value is -3.14. The Bertz CT molecular complexity index is 1020. The van der Waals surface area contributed by atoms with Crippen LogP contribution in [0.3, 0.4) is 0 Å². The number of carbonyl (C=O) groups is 3. The fraction of sp³-hybridized carbons (Fsp3) is 0.350. The topological polar surface area (TPSA) is 117 Å². The molecule has 0 radical (unpaired) electrons. The highest BCUT2D eigenvalue weighted by Gasteiger charge is 2.39. The van der Waals surface area contributed by atoms with Gasteiger partial charge in [0.05, 0.1) is 11.2 Å². The van der Waals surface area contributed by atoms with Crippen molar-refractivity contribution >= 4 is 27.6 Å². The van der Waals surface area contributed by atoms with Crippen LogP contribution in [-0.2, 0) is 19.4 Å². The van der Waals surface area contributed by atoms with Crippen molar-refractivity contribution in [3.05, 3.63) is 54.0 Å². The second-order valence-corrected chi connectivity index (χ2v) is 9.05. The summed E-state index contributed by atoms with van der Waals surface area (Å²) < 4.78 is 31.5. The van der Waals surface area contributed by atoms with Gasteiger partial charge in [-0.2, -0.15) is 0 Å². The van der Waals surface area contributed by atoms with Gasteiger partial charge in [0.1, 0.15) is 0 Å². The molecular weight excluding hydrogens is 410 g/mol. The number of aryl methyl sites for hydroxylation is 1. The molecule has 0 spiro atoms. The first-order chi connectivity index (χ1) is 14.2. The van der Waals surface area contributed by atoms with Crippen molar-refractivity contribution in [1.82, 2.24) is 15.1 Å². The summed E-state index contributed by atoms with van der Waals surface area (Å²) in [5.74, 6) is -1.78. The molecule has 0 bridgehead atoms. The average Bonchev–Trinajstić information content (AvgIpc) is 3.26. The van der Waals surface area contributed by atoms with Gasteiger partial charge in [0.15, 0.2) is 5.76 Å². The van der Waals surface area contributed by atoms with Crippen LogP contribution in [0.4, 0.5) is 0 Å². The van der Waals surface area contributed by atoms with Crippen LogP contribution >= 0.6 is 0 Å². The minimum Gasteiger partial charge on any atom is -0.459 e. The van der Waals surface area contributed by atoms with E-state index in [4.69, 9.17) is 4.42 Å². The van der Waals surface area contributed by atoms with E-state index in [0.717, 1.165) is 5.56 Å². The van der Waals surface area contributed by atoms with Crippen molar-refractivity contribution in [1.29, 1.82) is 0 Å². The van der Waals surface area contributed by atoms with E-state index in [0.29, 0.717) is 13.1 Å². The minimum absolute atomic E-state index is 0.0754. The third-order valence-electron chi connectivity index (χ3n) is 4.93. The fourth-order valence-electron chi connectivity index (χ4n) is 3.14. The Morgan fingerprint density at radius 3 is 2.13 bits per heavy atom. The Morgan fingerprint density at radius 1 is 1.00 bits per heavy atom. The van der Waals surface area contributed by atoms with E-state index in [-0.39, 0.29) is 29.7 Å². The summed E-state index contributed by atoms with van der Waals surface area (Å²) in [7, 11) is -4.23. The zero-order chi connectivity index (χ0) is 21.9. The van der Waals surface area contributed by atoms with Crippen LogP contribution in [0.2, 0.25) is 0 Å². The zero-order valence-corrected chi connectivity index (χ0v) is 17.5. The molecular formula is C20H23N3O6S. The maximum absolute atomic E-state index is 13.2. The molecule has 9 nitrogen and oxygen atoms in total. The van der Waals surface area contributed by atoms with Gasteiger partial charge in [-0.1, -0.05) is 17.7 Å². The van der Waals surface area contributed by atoms with Gasteiger partial charge >= 0.3 is 0 Å². The van der Waals surface area contributed by atoms with Gasteiger partial charge in [0.25, 0.3) is 11.8 Å². The normalized spacial score (nSPS) is 15.5. The SMILES string of the molecule is CC(=O)N1CCN(C(=O)[C@@H](NC(=O)c2ccco2)S(=O)(=O)c2ccc(C)cc2)CC1. The van der Waals surface area contributed by atoms with Gasteiger partial charge < -0.3 is 19.5 Å². The van der Waals surface area contributed by atoms with E-state index in [1.54, 1.807) is 17.0 Å². The lowest BCUT2D eigenvalue weighted by Gasteiger charge is -2.35. The lowest BCUT2D eigenvalue weighted by molar-refractivity contribution is -0.138. The van der Waals surface area contributed by atoms with Crippen molar-refractivity contribution in [2.24, 2.45) is 0 Å². The number of nitrogens with one attached hydrogen (secondary N) is 1. The first-order valence-electron chi connectivity index (χ1n) is 9.39. The van der Waals surface area contributed by atoms with Crippen LogP contribution in [0.15, 0.2) is 52.0 Å². The number of hydrogen-bond acceptors (Lipinski definition) is 6. The average molecular weight is 433 g/mol. The Morgan fingerprint density at radius 2 is 1.60 bits per heavy atom. The molecule has 1 aromatic carbocycles. The summed E-state index contributed by atoms with van der Waals surface area (Å²) >= 11 is 0. The maximum Gasteiger partial charge on any atom is 0.288 e. The van der Waals surface area contributed by atoms with Gasteiger partial charge in [-0.05, 0) is 31.2 Å². The first kappa shape index (κ1) is 21.6. The fourth-order valence-corrected chi connectivity index (χ4v) is 4.61. The van der Waals surface area contributed by atoms with Gasteiger partial charge in [0, 0.05) is 33.1 Å². The molecule has 1 N–H and O–H groups in total. The summed E-state index contributed by atoms with van der Waals surface area (Å²) in [4.78, 5) is 40.0. The van der Waals surface area contributed by atoms with E-state index in [1.165, 1.54) is 42.4 Å². The largest absolute Gasteiger partial charge is 0.459 e. The molecule has 2 heterocycles. The standard InChI is InChI=1S/C20H23N3O6S/c1-14-5-7-16(8-6-14)30(27,28)19(21-18(25)17-4-3-13-29-17)20(26)23-11-9-22(10-12-23)15(2)24/h3-8,13,19H,9-12H2,1-2H3,(H,21,25)/t19-/m0/s1. The number of hydrogen-bond donors (Lipinski definition) is 1. The second kappa shape index (κ2) is 8.70. The summed E-state index contributed by atoms with van der Waals surface area (Å²) in [6, 6.07) is 8.90. The number of rotatable bonds is 5. The van der Waals surface area contributed by atoms with Gasteiger partial charge in [-0.3, -0.25) is 14.4 Å². The van der Waals surface area contributed by atoms with Crippen molar-refractivity contribution in [2.45, 2.75) is 24.1 Å². The molecule has 10 heteroatoms. The number of amides is 3. The second-order valence-electron chi connectivity index (χ2n) is 7.02. The van der Waals surface area contributed by atoms with Crippen LogP contribution in [0.1, 0.15) is 23.0 Å². The number of piperazine rings is 1. The monoisotopic (exact) mass is 433 g/mol. The number of benzene rings is 1. The molecule has 0 aliphatic carbocycles. The van der Waals surface area contributed by atoms with Crippen molar-refractivity contribution < 1.29 is 27.2 Å². The summed E-state index contributed by atoms with van der Waals surface area (Å²) in [5, 5.41) is 0.494. The van der Waals surface area contributed by atoms with Crippen LogP contribution in [0.5, 0.6) is 0 Å². The molecule has 1 aliphatic heterocycles. The van der Waals surface area contributed by atoms with Gasteiger partial charge in [-0.25, -0.2) is 8.42 Å². The van der Waals surface area contributed by atoms with Gasteiger partial charge in [-0.15, -0.1) is 0 Å². The molecule has 1 atom stereocenters. The molecule has 160 valence electrons. The predicted molar refractivity (Wildman–Crippen MR) is 107 cm³/mol. The molecule has 3 amide bonds. The van der Waals surface area contributed by atoms with E-state index in [1.807, 2.05) is 6.92 Å². The molecule has 3 rings (SSSR count). The van der Waals surface area contributed by atoms with Crippen molar-refractivity contribution in [2.75, 3.05) is 26.2 Å². The van der Waals surface area contributed by atoms with E-state index >= 15 is 0 Å². The number of furan rings is 1. The molecule has 1 saturated heterocycles. The molecule has 2 aromatic rings. The molecule has 30 heavy (non-hydrogen) atoms. The predicted octanol–water partition coefficient (Wildman–Crippen LogP) is 0.809. The third-order valence-corrected chi connectivity index (χ3v) is 6.80. The van der Waals surface area contributed by atoms with Crippen molar-refractivity contribution in [3.63, 3.8) is 0 Å². The Labute approximate surface area is 174 Å². The highest BCUT2D eigenvalue weighted by Crippen LogP contribution is 2.19. The summed E-state index contributed by atoms with van der Waals surface area (Å²) in [6.45, 7) is 4.19. The third kappa shape index (κ3) is 4.54. The summed E-state index contributed by atoms with van der Waals surface area (Å²) in [6.07, 6.45) is 1.28. The highest BCUT2D eigenvalue weighted by atomic mass is 32.2. The maximum atomic E-state index is 13.2. The molecule has 1 aliphatic rings. The van der Waals surface area contributed by atoms with Crippen LogP contribution < -0.4 is 5.32 Å². The molecule has 0 unspecified atom stereocenters. The van der Waals surface area contributed by atoms with E-state index < -0.39 is 27.0 Å². The van der Waals surface area contributed by atoms with E-state index in [9.17, 15) is 22.8 Å². The van der Waals surface area contributed by atoms with Crippen LogP contribution in [0, 0.1) is 6.92 Å². The quantitative estimate of drug-likeness (QED) is 0.746. The lowest BCUT2D eigenvalue weighted by atomic mass is 10.2. The number of carbonyl (C=O) groups excluding carboxylic acids is 3. The van der Waals surface area contributed by atoms with E-state index in [2.05, 4.69) is 5.32 Å². The molecule has 1 aromatic heterocycles. The smallest absolute Gasteiger partial charge is 0.288 e. The number of nitrogens with zero attached hydrogens (tertiary/aromatic N) is 2. The zero-order valence-electron chi connectivity index (χ0n) is 16.7.